The highest BCUT2D eigenvalue weighted by Gasteiger charge is 2.24. The van der Waals surface area contributed by atoms with Crippen molar-refractivity contribution < 1.29 is 18.5 Å². The smallest absolute Gasteiger partial charge is 0.321 e. The first-order chi connectivity index (χ1) is 10.0. The normalized spacial score (nSPS) is 13.5. The molecule has 0 radical (unpaired) electrons. The Morgan fingerprint density at radius 3 is 2.67 bits per heavy atom. The Bertz CT molecular complexity index is 555. The van der Waals surface area contributed by atoms with E-state index in [-0.39, 0.29) is 16.9 Å². The first-order valence-electron chi connectivity index (χ1n) is 6.82. The van der Waals surface area contributed by atoms with Gasteiger partial charge in [-0.1, -0.05) is 13.8 Å². The fourth-order valence-corrected chi connectivity index (χ4v) is 3.11. The Hall–Kier alpha value is -1.63. The van der Waals surface area contributed by atoms with Crippen molar-refractivity contribution in [1.29, 1.82) is 0 Å². The molecule has 0 bridgehead atoms. The summed E-state index contributed by atoms with van der Waals surface area (Å²) in [5.74, 6) is -0.163. The molecule has 21 heavy (non-hydrogen) atoms. The van der Waals surface area contributed by atoms with E-state index in [1.54, 1.807) is 6.92 Å². The van der Waals surface area contributed by atoms with Crippen LogP contribution in [0, 0.1) is 0 Å². The lowest BCUT2D eigenvalue weighted by molar-refractivity contribution is -0.140. The molecule has 0 aliphatic carbocycles. The summed E-state index contributed by atoms with van der Waals surface area (Å²) < 4.78 is 22.1. The van der Waals surface area contributed by atoms with Crippen molar-refractivity contribution in [2.45, 2.75) is 37.7 Å². The van der Waals surface area contributed by atoms with Gasteiger partial charge in [-0.2, -0.15) is 0 Å². The van der Waals surface area contributed by atoms with Gasteiger partial charge in [-0.15, -0.1) is 0 Å². The molecule has 1 heterocycles. The quantitative estimate of drug-likeness (QED) is 0.732. The van der Waals surface area contributed by atoms with Gasteiger partial charge in [-0.3, -0.25) is 13.8 Å². The molecule has 0 fully saturated rings. The highest BCUT2D eigenvalue weighted by Crippen LogP contribution is 2.10. The summed E-state index contributed by atoms with van der Waals surface area (Å²) in [5, 5.41) is -0.686. The lowest BCUT2D eigenvalue weighted by Gasteiger charge is -2.12. The van der Waals surface area contributed by atoms with E-state index in [1.165, 1.54) is 19.4 Å². The Kier molecular flexibility index (Phi) is 7.14. The van der Waals surface area contributed by atoms with E-state index in [1.807, 2.05) is 6.92 Å². The lowest BCUT2D eigenvalue weighted by atomic mass is 10.3. The van der Waals surface area contributed by atoms with Gasteiger partial charge < -0.3 is 14.5 Å². The summed E-state index contributed by atoms with van der Waals surface area (Å²) in [6, 6.07) is 1.35. The second-order valence-corrected chi connectivity index (χ2v) is 6.10. The number of pyridine rings is 1. The Labute approximate surface area is 126 Å². The fourth-order valence-electron chi connectivity index (χ4n) is 1.75. The molecule has 0 spiro atoms. The molecular weight excluding hydrogens is 294 g/mol. The minimum Gasteiger partial charge on any atom is -0.488 e. The van der Waals surface area contributed by atoms with Crippen LogP contribution in [0.15, 0.2) is 17.1 Å². The zero-order valence-corrected chi connectivity index (χ0v) is 13.3. The summed E-state index contributed by atoms with van der Waals surface area (Å²) in [6.07, 6.45) is 2.69. The number of H-pyrrole nitrogens is 1. The van der Waals surface area contributed by atoms with Gasteiger partial charge in [-0.25, -0.2) is 0 Å². The fraction of sp³-hybridized carbons (Fsp3) is 0.571. The zero-order valence-electron chi connectivity index (χ0n) is 12.5. The minimum atomic E-state index is -1.44. The predicted molar refractivity (Wildman–Crippen MR) is 80.8 cm³/mol. The van der Waals surface area contributed by atoms with Crippen molar-refractivity contribution in [3.8, 4) is 5.75 Å². The SMILES string of the molecule is CCCOc1c[nH]c(CS(=O)C(CC)C(=O)OC)cc1=O. The monoisotopic (exact) mass is 315 g/mol. The van der Waals surface area contributed by atoms with E-state index < -0.39 is 22.0 Å². The van der Waals surface area contributed by atoms with Crippen molar-refractivity contribution >= 4 is 16.8 Å². The number of aromatic nitrogens is 1. The average molecular weight is 315 g/mol. The predicted octanol–water partition coefficient (Wildman–Crippen LogP) is 1.36. The summed E-state index contributed by atoms with van der Waals surface area (Å²) in [7, 11) is -0.177. The van der Waals surface area contributed by atoms with Crippen LogP contribution in [0.2, 0.25) is 0 Å². The number of nitrogens with one attached hydrogen (secondary N) is 1. The van der Waals surface area contributed by atoms with E-state index in [0.717, 1.165) is 6.42 Å². The summed E-state index contributed by atoms with van der Waals surface area (Å²) >= 11 is 0. The van der Waals surface area contributed by atoms with Crippen LogP contribution in [-0.4, -0.2) is 34.1 Å². The summed E-state index contributed by atoms with van der Waals surface area (Å²) in [6.45, 7) is 4.18. The van der Waals surface area contributed by atoms with Crippen LogP contribution in [0.3, 0.4) is 0 Å². The first kappa shape index (κ1) is 17.4. The molecule has 7 heteroatoms. The maximum absolute atomic E-state index is 12.2. The molecule has 118 valence electrons. The van der Waals surface area contributed by atoms with Crippen LogP contribution in [0.5, 0.6) is 5.75 Å². The van der Waals surface area contributed by atoms with Gasteiger partial charge in [0.2, 0.25) is 5.43 Å². The third kappa shape index (κ3) is 5.00. The Morgan fingerprint density at radius 1 is 1.43 bits per heavy atom. The molecule has 1 aromatic heterocycles. The third-order valence-corrected chi connectivity index (χ3v) is 4.60. The molecule has 0 aliphatic heterocycles. The molecule has 0 saturated carbocycles. The molecular formula is C14H21NO5S. The van der Waals surface area contributed by atoms with E-state index in [2.05, 4.69) is 9.72 Å². The molecule has 2 atom stereocenters. The van der Waals surface area contributed by atoms with Gasteiger partial charge in [0, 0.05) is 28.8 Å². The number of aromatic amines is 1. The molecule has 1 aromatic rings. The summed E-state index contributed by atoms with van der Waals surface area (Å²) in [4.78, 5) is 26.2. The first-order valence-corrected chi connectivity index (χ1v) is 8.21. The Morgan fingerprint density at radius 2 is 2.14 bits per heavy atom. The van der Waals surface area contributed by atoms with E-state index in [0.29, 0.717) is 18.7 Å². The highest BCUT2D eigenvalue weighted by molar-refractivity contribution is 7.85. The molecule has 6 nitrogen and oxygen atoms in total. The van der Waals surface area contributed by atoms with Crippen LogP contribution < -0.4 is 10.2 Å². The van der Waals surface area contributed by atoms with Gasteiger partial charge in [0.05, 0.1) is 19.5 Å². The van der Waals surface area contributed by atoms with Gasteiger partial charge in [0.1, 0.15) is 5.25 Å². The number of rotatable bonds is 8. The topological polar surface area (TPSA) is 85.5 Å². The Balaban J connectivity index is 2.79. The van der Waals surface area contributed by atoms with Gasteiger partial charge in [-0.05, 0) is 12.8 Å². The number of carbonyl (C=O) groups excluding carboxylic acids is 1. The van der Waals surface area contributed by atoms with Crippen molar-refractivity contribution in [1.82, 2.24) is 4.98 Å². The summed E-state index contributed by atoms with van der Waals surface area (Å²) in [5.41, 5.74) is 0.241. The maximum atomic E-state index is 12.2. The van der Waals surface area contributed by atoms with Crippen molar-refractivity contribution in [3.63, 3.8) is 0 Å². The molecule has 0 amide bonds. The van der Waals surface area contributed by atoms with Crippen LogP contribution in [-0.2, 0) is 26.1 Å². The van der Waals surface area contributed by atoms with E-state index in [9.17, 15) is 13.8 Å². The van der Waals surface area contributed by atoms with Crippen molar-refractivity contribution in [2.24, 2.45) is 0 Å². The highest BCUT2D eigenvalue weighted by atomic mass is 32.2. The maximum Gasteiger partial charge on any atom is 0.321 e. The minimum absolute atomic E-state index is 0.0942. The molecule has 1 rings (SSSR count). The van der Waals surface area contributed by atoms with Crippen molar-refractivity contribution in [3.05, 3.63) is 28.2 Å². The number of hydrogen-bond acceptors (Lipinski definition) is 5. The van der Waals surface area contributed by atoms with E-state index in [4.69, 9.17) is 4.74 Å². The molecule has 0 aliphatic rings. The lowest BCUT2D eigenvalue weighted by Crippen LogP contribution is -2.27. The number of esters is 1. The standard InChI is InChI=1S/C14H21NO5S/c1-4-6-20-12-8-15-10(7-11(12)16)9-21(18)13(5-2)14(17)19-3/h7-8,13H,4-6,9H2,1-3H3,(H,15,16). The van der Waals surface area contributed by atoms with Crippen LogP contribution in [0.1, 0.15) is 32.4 Å². The van der Waals surface area contributed by atoms with Gasteiger partial charge >= 0.3 is 5.97 Å². The molecule has 0 saturated heterocycles. The van der Waals surface area contributed by atoms with Gasteiger partial charge in [0.25, 0.3) is 0 Å². The zero-order chi connectivity index (χ0) is 15.8. The largest absolute Gasteiger partial charge is 0.488 e. The number of hydrogen-bond donors (Lipinski definition) is 1. The number of ether oxygens (including phenoxy) is 2. The van der Waals surface area contributed by atoms with Crippen LogP contribution >= 0.6 is 0 Å². The third-order valence-electron chi connectivity index (χ3n) is 2.85. The van der Waals surface area contributed by atoms with Crippen LogP contribution in [0.4, 0.5) is 0 Å². The molecule has 0 aromatic carbocycles. The second-order valence-electron chi connectivity index (χ2n) is 4.48. The second kappa shape index (κ2) is 8.61. The van der Waals surface area contributed by atoms with E-state index >= 15 is 0 Å². The molecule has 2 unspecified atom stereocenters. The number of carbonyl (C=O) groups is 1. The molecule has 1 N–H and O–H groups in total. The van der Waals surface area contributed by atoms with Gasteiger partial charge in [0.15, 0.2) is 5.75 Å². The average Bonchev–Trinajstić information content (AvgIpc) is 2.47. The number of methoxy groups -OCH3 is 1. The van der Waals surface area contributed by atoms with Crippen molar-refractivity contribution in [2.75, 3.05) is 13.7 Å². The van der Waals surface area contributed by atoms with Crippen LogP contribution in [0.25, 0.3) is 0 Å².